The topological polar surface area (TPSA) is 132 Å². The smallest absolute Gasteiger partial charge is 0.408 e. The van der Waals surface area contributed by atoms with Crippen molar-refractivity contribution in [3.05, 3.63) is 35.9 Å². The number of urea groups is 1. The van der Waals surface area contributed by atoms with Gasteiger partial charge in [-0.3, -0.25) is 9.59 Å². The lowest BCUT2D eigenvalue weighted by Gasteiger charge is -2.31. The molecule has 0 aromatic heterocycles. The standard InChI is InChI=1S/C31H45N3O8/c1-30(2,3)41-27(37)24-19-33(22-15-11-8-12-16-22)29(39)34(24)26(36)23(32-28(38)42-31(4,5)6)17-18-25(35)40-20-21-13-9-7-10-14-21/h7,9-10,13-14,22-24H,8,11-12,15-20H2,1-6H3,(H,32,38). The van der Waals surface area contributed by atoms with Crippen LogP contribution in [-0.4, -0.2) is 75.6 Å². The monoisotopic (exact) mass is 587 g/mol. The van der Waals surface area contributed by atoms with Crippen LogP contribution < -0.4 is 5.32 Å². The fourth-order valence-electron chi connectivity index (χ4n) is 5.06. The van der Waals surface area contributed by atoms with Gasteiger partial charge in [-0.25, -0.2) is 19.3 Å². The molecule has 2 unspecified atom stereocenters. The predicted molar refractivity (Wildman–Crippen MR) is 154 cm³/mol. The van der Waals surface area contributed by atoms with Gasteiger partial charge in [0.05, 0.1) is 6.54 Å². The van der Waals surface area contributed by atoms with Crippen molar-refractivity contribution in [3.8, 4) is 0 Å². The molecule has 1 aliphatic carbocycles. The number of ether oxygens (including phenoxy) is 3. The normalized spacial score (nSPS) is 18.8. The van der Waals surface area contributed by atoms with E-state index in [0.717, 1.165) is 42.6 Å². The van der Waals surface area contributed by atoms with Crippen molar-refractivity contribution in [3.63, 3.8) is 0 Å². The molecule has 3 rings (SSSR count). The van der Waals surface area contributed by atoms with E-state index in [4.69, 9.17) is 14.2 Å². The summed E-state index contributed by atoms with van der Waals surface area (Å²) in [4.78, 5) is 68.8. The van der Waals surface area contributed by atoms with E-state index in [1.165, 1.54) is 0 Å². The fourth-order valence-corrected chi connectivity index (χ4v) is 5.06. The average Bonchev–Trinajstić information content (AvgIpc) is 3.25. The molecule has 2 aliphatic rings. The molecule has 232 valence electrons. The summed E-state index contributed by atoms with van der Waals surface area (Å²) in [5.41, 5.74) is -0.896. The lowest BCUT2D eigenvalue weighted by molar-refractivity contribution is -0.162. The number of esters is 2. The van der Waals surface area contributed by atoms with Gasteiger partial charge >= 0.3 is 24.1 Å². The number of amides is 4. The molecule has 1 saturated carbocycles. The predicted octanol–water partition coefficient (Wildman–Crippen LogP) is 4.71. The molecule has 1 aromatic carbocycles. The average molecular weight is 588 g/mol. The minimum atomic E-state index is -1.33. The second-order valence-corrected chi connectivity index (χ2v) is 12.9. The number of carbonyl (C=O) groups is 5. The third-order valence-electron chi connectivity index (χ3n) is 6.93. The van der Waals surface area contributed by atoms with Gasteiger partial charge < -0.3 is 24.4 Å². The number of hydrogen-bond acceptors (Lipinski definition) is 8. The molecule has 0 bridgehead atoms. The zero-order chi connectivity index (χ0) is 31.1. The van der Waals surface area contributed by atoms with E-state index >= 15 is 0 Å². The highest BCUT2D eigenvalue weighted by molar-refractivity contribution is 6.04. The molecular weight excluding hydrogens is 542 g/mol. The molecule has 4 amide bonds. The third-order valence-corrected chi connectivity index (χ3v) is 6.93. The third kappa shape index (κ3) is 9.73. The Kier molecular flexibility index (Phi) is 11.0. The Morgan fingerprint density at radius 1 is 0.929 bits per heavy atom. The number of nitrogens with one attached hydrogen (secondary N) is 1. The molecule has 0 spiro atoms. The Morgan fingerprint density at radius 3 is 2.14 bits per heavy atom. The number of carbonyl (C=O) groups excluding carboxylic acids is 5. The minimum absolute atomic E-state index is 0.00241. The molecule has 11 heteroatoms. The van der Waals surface area contributed by atoms with Gasteiger partial charge in [0.2, 0.25) is 0 Å². The first-order chi connectivity index (χ1) is 19.6. The van der Waals surface area contributed by atoms with Crippen molar-refractivity contribution >= 4 is 30.0 Å². The molecule has 1 aromatic rings. The van der Waals surface area contributed by atoms with E-state index in [9.17, 15) is 24.0 Å². The van der Waals surface area contributed by atoms with Crippen LogP contribution >= 0.6 is 0 Å². The van der Waals surface area contributed by atoms with Crippen LogP contribution in [0.25, 0.3) is 0 Å². The van der Waals surface area contributed by atoms with E-state index < -0.39 is 53.3 Å². The minimum Gasteiger partial charge on any atom is -0.461 e. The molecule has 42 heavy (non-hydrogen) atoms. The number of benzene rings is 1. The van der Waals surface area contributed by atoms with Crippen molar-refractivity contribution in [2.24, 2.45) is 0 Å². The Labute approximate surface area is 248 Å². The molecule has 2 atom stereocenters. The Hall–Kier alpha value is -3.63. The first-order valence-corrected chi connectivity index (χ1v) is 14.7. The van der Waals surface area contributed by atoms with Gasteiger partial charge in [-0.2, -0.15) is 0 Å². The van der Waals surface area contributed by atoms with Gasteiger partial charge in [0.1, 0.15) is 23.9 Å². The second-order valence-electron chi connectivity index (χ2n) is 12.9. The molecule has 1 saturated heterocycles. The molecule has 1 heterocycles. The highest BCUT2D eigenvalue weighted by Crippen LogP contribution is 2.30. The molecule has 11 nitrogen and oxygen atoms in total. The Bertz CT molecular complexity index is 1120. The number of alkyl carbamates (subject to hydrolysis) is 1. The SMILES string of the molecule is CC(C)(C)OC(=O)NC(CCC(=O)OCc1ccccc1)C(=O)N1C(=O)N(C2CCCCC2)CC1C(=O)OC(C)(C)C. The van der Waals surface area contributed by atoms with E-state index in [-0.39, 0.29) is 32.0 Å². The van der Waals surface area contributed by atoms with E-state index in [0.29, 0.717) is 0 Å². The summed E-state index contributed by atoms with van der Waals surface area (Å²) in [6, 6.07) is 5.91. The van der Waals surface area contributed by atoms with Crippen LogP contribution in [0, 0.1) is 0 Å². The van der Waals surface area contributed by atoms with Gasteiger partial charge in [-0.05, 0) is 66.4 Å². The van der Waals surface area contributed by atoms with Crippen molar-refractivity contribution in [2.45, 2.75) is 122 Å². The largest absolute Gasteiger partial charge is 0.461 e. The van der Waals surface area contributed by atoms with Crippen molar-refractivity contribution in [2.75, 3.05) is 6.54 Å². The van der Waals surface area contributed by atoms with Crippen molar-refractivity contribution in [1.29, 1.82) is 0 Å². The summed E-state index contributed by atoms with van der Waals surface area (Å²) in [5.74, 6) is -2.10. The first-order valence-electron chi connectivity index (χ1n) is 14.7. The molecule has 2 fully saturated rings. The number of nitrogens with zero attached hydrogens (tertiary/aromatic N) is 2. The van der Waals surface area contributed by atoms with Crippen LogP contribution in [-0.2, 0) is 35.2 Å². The van der Waals surface area contributed by atoms with Gasteiger partial charge in [0, 0.05) is 12.5 Å². The summed E-state index contributed by atoms with van der Waals surface area (Å²) < 4.78 is 16.3. The maximum Gasteiger partial charge on any atom is 0.408 e. The van der Waals surface area contributed by atoms with Gasteiger partial charge in [0.15, 0.2) is 6.04 Å². The zero-order valence-corrected chi connectivity index (χ0v) is 25.6. The summed E-state index contributed by atoms with van der Waals surface area (Å²) in [5, 5.41) is 2.52. The van der Waals surface area contributed by atoms with E-state index in [1.807, 2.05) is 30.3 Å². The Morgan fingerprint density at radius 2 is 1.55 bits per heavy atom. The van der Waals surface area contributed by atoms with Crippen molar-refractivity contribution < 1.29 is 38.2 Å². The highest BCUT2D eigenvalue weighted by Gasteiger charge is 2.50. The summed E-state index contributed by atoms with van der Waals surface area (Å²) in [6.07, 6.45) is 3.26. The first kappa shape index (κ1) is 32.9. The Balaban J connectivity index is 1.82. The van der Waals surface area contributed by atoms with Crippen LogP contribution in [0.4, 0.5) is 9.59 Å². The summed E-state index contributed by atoms with van der Waals surface area (Å²) in [6.45, 7) is 10.2. The second kappa shape index (κ2) is 14.0. The van der Waals surface area contributed by atoms with Crippen LogP contribution in [0.1, 0.15) is 92.1 Å². The summed E-state index contributed by atoms with van der Waals surface area (Å²) >= 11 is 0. The van der Waals surface area contributed by atoms with Crippen LogP contribution in [0.3, 0.4) is 0 Å². The van der Waals surface area contributed by atoms with Crippen LogP contribution in [0.2, 0.25) is 0 Å². The molecular formula is C31H45N3O8. The van der Waals surface area contributed by atoms with E-state index in [1.54, 1.807) is 46.4 Å². The molecule has 1 aliphatic heterocycles. The van der Waals surface area contributed by atoms with Gasteiger partial charge in [-0.15, -0.1) is 0 Å². The maximum atomic E-state index is 14.0. The fraction of sp³-hybridized carbons (Fsp3) is 0.645. The van der Waals surface area contributed by atoms with Gasteiger partial charge in [0.25, 0.3) is 5.91 Å². The summed E-state index contributed by atoms with van der Waals surface area (Å²) in [7, 11) is 0. The highest BCUT2D eigenvalue weighted by atomic mass is 16.6. The number of rotatable bonds is 9. The maximum absolute atomic E-state index is 14.0. The number of hydrogen-bond donors (Lipinski definition) is 1. The quantitative estimate of drug-likeness (QED) is 0.325. The zero-order valence-electron chi connectivity index (χ0n) is 25.6. The van der Waals surface area contributed by atoms with Gasteiger partial charge in [-0.1, -0.05) is 49.6 Å². The lowest BCUT2D eigenvalue weighted by atomic mass is 9.94. The number of imide groups is 1. The van der Waals surface area contributed by atoms with Crippen molar-refractivity contribution in [1.82, 2.24) is 15.1 Å². The van der Waals surface area contributed by atoms with E-state index in [2.05, 4.69) is 5.32 Å². The molecule has 1 N–H and O–H groups in total. The lowest BCUT2D eigenvalue weighted by Crippen LogP contribution is -2.55. The molecule has 0 radical (unpaired) electrons. The van der Waals surface area contributed by atoms with Crippen LogP contribution in [0.15, 0.2) is 30.3 Å². The van der Waals surface area contributed by atoms with Crippen LogP contribution in [0.5, 0.6) is 0 Å².